The third-order valence-corrected chi connectivity index (χ3v) is 2.75. The lowest BCUT2D eigenvalue weighted by Crippen LogP contribution is -2.34. The maximum Gasteiger partial charge on any atom is 0.240 e. The molecule has 0 bridgehead atoms. The normalized spacial score (nSPS) is 14.1. The van der Waals surface area contributed by atoms with E-state index in [1.807, 2.05) is 19.1 Å². The SMILES string of the molecule is Cc1cc(N)cc2c1N(C(=O)CN)CC2. The monoisotopic (exact) mass is 205 g/mol. The van der Waals surface area contributed by atoms with E-state index in [0.29, 0.717) is 0 Å². The Labute approximate surface area is 88.9 Å². The molecule has 0 aliphatic carbocycles. The lowest BCUT2D eigenvalue weighted by atomic mass is 10.1. The van der Waals surface area contributed by atoms with Gasteiger partial charge in [-0.05, 0) is 36.6 Å². The molecule has 1 aliphatic heterocycles. The molecule has 1 amide bonds. The van der Waals surface area contributed by atoms with Gasteiger partial charge in [0.15, 0.2) is 0 Å². The Balaban J connectivity index is 2.46. The molecule has 0 spiro atoms. The van der Waals surface area contributed by atoms with Gasteiger partial charge >= 0.3 is 0 Å². The van der Waals surface area contributed by atoms with E-state index in [0.717, 1.165) is 35.5 Å². The van der Waals surface area contributed by atoms with E-state index in [2.05, 4.69) is 0 Å². The fourth-order valence-electron chi connectivity index (χ4n) is 2.16. The average Bonchev–Trinajstić information content (AvgIpc) is 2.60. The molecule has 0 fully saturated rings. The molecule has 2 rings (SSSR count). The van der Waals surface area contributed by atoms with Gasteiger partial charge in [-0.2, -0.15) is 0 Å². The Morgan fingerprint density at radius 1 is 1.53 bits per heavy atom. The van der Waals surface area contributed by atoms with Gasteiger partial charge in [0, 0.05) is 17.9 Å². The molecule has 1 aromatic rings. The average molecular weight is 205 g/mol. The van der Waals surface area contributed by atoms with Crippen molar-refractivity contribution in [2.24, 2.45) is 5.73 Å². The quantitative estimate of drug-likeness (QED) is 0.653. The topological polar surface area (TPSA) is 72.3 Å². The maximum absolute atomic E-state index is 11.6. The third kappa shape index (κ3) is 1.57. The van der Waals surface area contributed by atoms with E-state index in [9.17, 15) is 4.79 Å². The number of hydrogen-bond donors (Lipinski definition) is 2. The minimum absolute atomic E-state index is 0.0263. The lowest BCUT2D eigenvalue weighted by Gasteiger charge is -2.18. The summed E-state index contributed by atoms with van der Waals surface area (Å²) in [7, 11) is 0. The van der Waals surface area contributed by atoms with Crippen LogP contribution in [0.2, 0.25) is 0 Å². The van der Waals surface area contributed by atoms with Gasteiger partial charge in [0.25, 0.3) is 0 Å². The van der Waals surface area contributed by atoms with E-state index >= 15 is 0 Å². The number of fused-ring (bicyclic) bond motifs is 1. The van der Waals surface area contributed by atoms with Gasteiger partial charge in [0.05, 0.1) is 6.54 Å². The summed E-state index contributed by atoms with van der Waals surface area (Å²) in [5, 5.41) is 0. The van der Waals surface area contributed by atoms with Crippen LogP contribution in [-0.4, -0.2) is 19.0 Å². The zero-order chi connectivity index (χ0) is 11.0. The third-order valence-electron chi connectivity index (χ3n) is 2.75. The van der Waals surface area contributed by atoms with Gasteiger partial charge < -0.3 is 16.4 Å². The van der Waals surface area contributed by atoms with Gasteiger partial charge in [-0.25, -0.2) is 0 Å². The Bertz CT molecular complexity index is 415. The highest BCUT2D eigenvalue weighted by molar-refractivity contribution is 5.97. The van der Waals surface area contributed by atoms with Crippen molar-refractivity contribution in [3.05, 3.63) is 23.3 Å². The molecule has 0 aromatic heterocycles. The molecule has 0 unspecified atom stereocenters. The number of nitrogens with two attached hydrogens (primary N) is 2. The summed E-state index contributed by atoms with van der Waals surface area (Å²) in [4.78, 5) is 13.3. The van der Waals surface area contributed by atoms with Crippen molar-refractivity contribution in [1.82, 2.24) is 0 Å². The van der Waals surface area contributed by atoms with Crippen LogP contribution in [0.1, 0.15) is 11.1 Å². The predicted molar refractivity (Wildman–Crippen MR) is 60.7 cm³/mol. The van der Waals surface area contributed by atoms with E-state index in [-0.39, 0.29) is 12.5 Å². The first-order chi connectivity index (χ1) is 7.13. The molecule has 0 atom stereocenters. The van der Waals surface area contributed by atoms with Crippen molar-refractivity contribution in [3.63, 3.8) is 0 Å². The van der Waals surface area contributed by atoms with Crippen LogP contribution in [0.3, 0.4) is 0 Å². The Morgan fingerprint density at radius 2 is 2.27 bits per heavy atom. The van der Waals surface area contributed by atoms with Crippen LogP contribution in [0.4, 0.5) is 11.4 Å². The number of anilines is 2. The van der Waals surface area contributed by atoms with Crippen LogP contribution < -0.4 is 16.4 Å². The number of amides is 1. The first-order valence-corrected chi connectivity index (χ1v) is 5.03. The molecular weight excluding hydrogens is 190 g/mol. The second-order valence-electron chi connectivity index (χ2n) is 3.85. The van der Waals surface area contributed by atoms with Gasteiger partial charge in [-0.1, -0.05) is 0 Å². The first kappa shape index (κ1) is 9.98. The number of carbonyl (C=O) groups excluding carboxylic acids is 1. The standard InChI is InChI=1S/C11H15N3O/c1-7-4-9(13)5-8-2-3-14(11(7)8)10(15)6-12/h4-5H,2-3,6,12-13H2,1H3. The highest BCUT2D eigenvalue weighted by Crippen LogP contribution is 2.33. The summed E-state index contributed by atoms with van der Waals surface area (Å²) >= 11 is 0. The molecule has 1 aromatic carbocycles. The summed E-state index contributed by atoms with van der Waals surface area (Å²) in [6.07, 6.45) is 0.868. The Hall–Kier alpha value is -1.55. The van der Waals surface area contributed by atoms with Crippen LogP contribution in [-0.2, 0) is 11.2 Å². The van der Waals surface area contributed by atoms with E-state index in [1.54, 1.807) is 4.90 Å². The molecule has 15 heavy (non-hydrogen) atoms. The van der Waals surface area contributed by atoms with Crippen molar-refractivity contribution in [2.45, 2.75) is 13.3 Å². The smallest absolute Gasteiger partial charge is 0.240 e. The minimum atomic E-state index is -0.0263. The van der Waals surface area contributed by atoms with Gasteiger partial charge in [-0.3, -0.25) is 4.79 Å². The van der Waals surface area contributed by atoms with Gasteiger partial charge in [-0.15, -0.1) is 0 Å². The molecule has 0 saturated carbocycles. The zero-order valence-corrected chi connectivity index (χ0v) is 8.79. The van der Waals surface area contributed by atoms with Crippen molar-refractivity contribution < 1.29 is 4.79 Å². The number of aryl methyl sites for hydroxylation is 1. The first-order valence-electron chi connectivity index (χ1n) is 5.03. The summed E-state index contributed by atoms with van der Waals surface area (Å²) in [6, 6.07) is 3.83. The maximum atomic E-state index is 11.6. The second-order valence-corrected chi connectivity index (χ2v) is 3.85. The van der Waals surface area contributed by atoms with Crippen molar-refractivity contribution in [1.29, 1.82) is 0 Å². The summed E-state index contributed by atoms with van der Waals surface area (Å²) in [5.74, 6) is -0.0263. The van der Waals surface area contributed by atoms with Crippen LogP contribution >= 0.6 is 0 Å². The van der Waals surface area contributed by atoms with Crippen molar-refractivity contribution in [3.8, 4) is 0 Å². The van der Waals surface area contributed by atoms with Gasteiger partial charge in [0.1, 0.15) is 0 Å². The molecule has 4 nitrogen and oxygen atoms in total. The lowest BCUT2D eigenvalue weighted by molar-refractivity contribution is -0.117. The molecule has 0 radical (unpaired) electrons. The molecule has 1 heterocycles. The van der Waals surface area contributed by atoms with Crippen LogP contribution in [0.15, 0.2) is 12.1 Å². The molecule has 4 N–H and O–H groups in total. The van der Waals surface area contributed by atoms with Crippen LogP contribution in [0.25, 0.3) is 0 Å². The number of carbonyl (C=O) groups is 1. The number of nitrogens with zero attached hydrogens (tertiary/aromatic N) is 1. The minimum Gasteiger partial charge on any atom is -0.399 e. The summed E-state index contributed by atoms with van der Waals surface area (Å²) < 4.78 is 0. The van der Waals surface area contributed by atoms with E-state index in [1.165, 1.54) is 0 Å². The summed E-state index contributed by atoms with van der Waals surface area (Å²) in [5.41, 5.74) is 15.1. The number of rotatable bonds is 1. The Morgan fingerprint density at radius 3 is 2.93 bits per heavy atom. The van der Waals surface area contributed by atoms with Crippen LogP contribution in [0, 0.1) is 6.92 Å². The zero-order valence-electron chi connectivity index (χ0n) is 8.79. The largest absolute Gasteiger partial charge is 0.399 e. The molecular formula is C11H15N3O. The highest BCUT2D eigenvalue weighted by atomic mass is 16.2. The number of hydrogen-bond acceptors (Lipinski definition) is 3. The van der Waals surface area contributed by atoms with E-state index < -0.39 is 0 Å². The predicted octanol–water partition coefficient (Wildman–Crippen LogP) is 0.425. The number of benzene rings is 1. The van der Waals surface area contributed by atoms with Crippen molar-refractivity contribution >= 4 is 17.3 Å². The number of nitrogen functional groups attached to an aromatic ring is 1. The molecule has 0 saturated heterocycles. The second kappa shape index (κ2) is 3.55. The van der Waals surface area contributed by atoms with Crippen molar-refractivity contribution in [2.75, 3.05) is 23.7 Å². The van der Waals surface area contributed by atoms with Crippen LogP contribution in [0.5, 0.6) is 0 Å². The Kier molecular flexibility index (Phi) is 2.36. The fraction of sp³-hybridized carbons (Fsp3) is 0.364. The molecule has 80 valence electrons. The fourth-order valence-corrected chi connectivity index (χ4v) is 2.16. The van der Waals surface area contributed by atoms with Gasteiger partial charge in [0.2, 0.25) is 5.91 Å². The van der Waals surface area contributed by atoms with E-state index in [4.69, 9.17) is 11.5 Å². The molecule has 4 heteroatoms. The summed E-state index contributed by atoms with van der Waals surface area (Å²) in [6.45, 7) is 2.75. The molecule has 1 aliphatic rings. The highest BCUT2D eigenvalue weighted by Gasteiger charge is 2.25.